The molecule has 0 saturated carbocycles. The fourth-order valence-corrected chi connectivity index (χ4v) is 2.16. The van der Waals surface area contributed by atoms with Gasteiger partial charge < -0.3 is 24.3 Å². The van der Waals surface area contributed by atoms with E-state index in [-0.39, 0.29) is 0 Å². The lowest BCUT2D eigenvalue weighted by molar-refractivity contribution is 0.146. The number of ether oxygens (including phenoxy) is 4. The molecule has 2 aromatic carbocycles. The van der Waals surface area contributed by atoms with Crippen molar-refractivity contribution in [3.8, 4) is 11.5 Å². The highest BCUT2D eigenvalue weighted by atomic mass is 16.5. The molecule has 0 unspecified atom stereocenters. The molecule has 0 aliphatic carbocycles. The molecule has 0 saturated heterocycles. The lowest BCUT2D eigenvalue weighted by Gasteiger charge is -2.13. The van der Waals surface area contributed by atoms with Gasteiger partial charge in [0.25, 0.3) is 0 Å². The summed E-state index contributed by atoms with van der Waals surface area (Å²) in [4.78, 5) is 0. The number of benzene rings is 2. The van der Waals surface area contributed by atoms with Crippen LogP contribution < -0.4 is 14.8 Å². The lowest BCUT2D eigenvalue weighted by Crippen LogP contribution is -2.08. The van der Waals surface area contributed by atoms with E-state index in [4.69, 9.17) is 18.9 Å². The van der Waals surface area contributed by atoms with Crippen molar-refractivity contribution in [1.29, 1.82) is 0 Å². The van der Waals surface area contributed by atoms with Crippen LogP contribution in [-0.2, 0) is 16.0 Å². The van der Waals surface area contributed by atoms with Crippen molar-refractivity contribution in [2.45, 2.75) is 6.54 Å². The van der Waals surface area contributed by atoms with E-state index < -0.39 is 0 Å². The first-order valence-electron chi connectivity index (χ1n) is 7.99. The summed E-state index contributed by atoms with van der Waals surface area (Å²) in [5.74, 6) is 1.69. The summed E-state index contributed by atoms with van der Waals surface area (Å²) in [6, 6.07) is 15.9. The fraction of sp³-hybridized carbons (Fsp3) is 0.368. The molecule has 0 atom stereocenters. The second-order valence-corrected chi connectivity index (χ2v) is 5.17. The van der Waals surface area contributed by atoms with Gasteiger partial charge in [-0.2, -0.15) is 0 Å². The minimum Gasteiger partial charge on any atom is -0.491 e. The van der Waals surface area contributed by atoms with Crippen LogP contribution in [0.25, 0.3) is 0 Å². The molecule has 0 aliphatic rings. The molecule has 0 aliphatic heterocycles. The third-order valence-corrected chi connectivity index (χ3v) is 3.39. The SMILES string of the molecule is COCCOc1cccc(NCc2ccccc2OCCOC)c1. The van der Waals surface area contributed by atoms with Crippen molar-refractivity contribution in [2.24, 2.45) is 0 Å². The molecule has 24 heavy (non-hydrogen) atoms. The van der Waals surface area contributed by atoms with Crippen molar-refractivity contribution >= 4 is 5.69 Å². The van der Waals surface area contributed by atoms with Crippen LogP contribution in [0.3, 0.4) is 0 Å². The largest absolute Gasteiger partial charge is 0.491 e. The average molecular weight is 331 g/mol. The maximum atomic E-state index is 5.75. The van der Waals surface area contributed by atoms with Gasteiger partial charge in [-0.1, -0.05) is 24.3 Å². The second kappa shape index (κ2) is 10.5. The summed E-state index contributed by atoms with van der Waals surface area (Å²) in [7, 11) is 3.33. The number of hydrogen-bond donors (Lipinski definition) is 1. The summed E-state index contributed by atoms with van der Waals surface area (Å²) < 4.78 is 21.4. The van der Waals surface area contributed by atoms with Crippen LogP contribution in [0.4, 0.5) is 5.69 Å². The van der Waals surface area contributed by atoms with Crippen molar-refractivity contribution in [2.75, 3.05) is 46.0 Å². The van der Waals surface area contributed by atoms with Crippen molar-refractivity contribution in [1.82, 2.24) is 0 Å². The summed E-state index contributed by atoms with van der Waals surface area (Å²) in [6.07, 6.45) is 0. The Morgan fingerprint density at radius 1 is 0.792 bits per heavy atom. The minimum absolute atomic E-state index is 0.538. The van der Waals surface area contributed by atoms with E-state index in [0.717, 1.165) is 22.7 Å². The monoisotopic (exact) mass is 331 g/mol. The Morgan fingerprint density at radius 3 is 2.33 bits per heavy atom. The zero-order chi connectivity index (χ0) is 17.0. The summed E-state index contributed by atoms with van der Waals surface area (Å²) in [5, 5.41) is 3.40. The molecule has 2 aromatic rings. The maximum Gasteiger partial charge on any atom is 0.124 e. The molecular weight excluding hydrogens is 306 g/mol. The van der Waals surface area contributed by atoms with Gasteiger partial charge in [0.1, 0.15) is 24.7 Å². The van der Waals surface area contributed by atoms with E-state index in [9.17, 15) is 0 Å². The third kappa shape index (κ3) is 6.10. The van der Waals surface area contributed by atoms with Gasteiger partial charge in [-0.25, -0.2) is 0 Å². The van der Waals surface area contributed by atoms with Gasteiger partial charge in [0.2, 0.25) is 0 Å². The molecule has 0 bridgehead atoms. The second-order valence-electron chi connectivity index (χ2n) is 5.17. The van der Waals surface area contributed by atoms with Gasteiger partial charge in [-0.05, 0) is 18.2 Å². The Morgan fingerprint density at radius 2 is 1.54 bits per heavy atom. The average Bonchev–Trinajstić information content (AvgIpc) is 2.62. The molecule has 0 amide bonds. The van der Waals surface area contributed by atoms with Gasteiger partial charge in [0.05, 0.1) is 13.2 Å². The topological polar surface area (TPSA) is 49.0 Å². The predicted molar refractivity (Wildman–Crippen MR) is 95.0 cm³/mol. The van der Waals surface area contributed by atoms with E-state index in [1.165, 1.54) is 0 Å². The third-order valence-electron chi connectivity index (χ3n) is 3.39. The Labute approximate surface area is 143 Å². The predicted octanol–water partition coefficient (Wildman–Crippen LogP) is 3.35. The molecule has 0 radical (unpaired) electrons. The highest BCUT2D eigenvalue weighted by Gasteiger charge is 2.04. The molecule has 5 nitrogen and oxygen atoms in total. The molecular formula is C19H25NO4. The normalized spacial score (nSPS) is 10.4. The van der Waals surface area contributed by atoms with Crippen LogP contribution in [0.2, 0.25) is 0 Å². The molecule has 0 fully saturated rings. The van der Waals surface area contributed by atoms with E-state index >= 15 is 0 Å². The summed E-state index contributed by atoms with van der Waals surface area (Å²) in [5.41, 5.74) is 2.09. The molecule has 0 heterocycles. The quantitative estimate of drug-likeness (QED) is 0.640. The van der Waals surface area contributed by atoms with Gasteiger partial charge in [0, 0.05) is 38.1 Å². The summed E-state index contributed by atoms with van der Waals surface area (Å²) in [6.45, 7) is 2.89. The Bertz CT molecular complexity index is 603. The molecule has 130 valence electrons. The van der Waals surface area contributed by atoms with E-state index in [1.807, 2.05) is 48.5 Å². The molecule has 1 N–H and O–H groups in total. The number of para-hydroxylation sites is 1. The fourth-order valence-electron chi connectivity index (χ4n) is 2.16. The van der Waals surface area contributed by atoms with Crippen LogP contribution in [0.1, 0.15) is 5.56 Å². The van der Waals surface area contributed by atoms with E-state index in [0.29, 0.717) is 33.0 Å². The number of nitrogens with one attached hydrogen (secondary N) is 1. The van der Waals surface area contributed by atoms with Crippen LogP contribution >= 0.6 is 0 Å². The van der Waals surface area contributed by atoms with E-state index in [1.54, 1.807) is 14.2 Å². The number of anilines is 1. The lowest BCUT2D eigenvalue weighted by atomic mass is 10.2. The zero-order valence-corrected chi connectivity index (χ0v) is 14.3. The first-order chi connectivity index (χ1) is 11.8. The van der Waals surface area contributed by atoms with Crippen molar-refractivity contribution in [3.05, 3.63) is 54.1 Å². The Kier molecular flexibility index (Phi) is 7.93. The van der Waals surface area contributed by atoms with E-state index in [2.05, 4.69) is 5.32 Å². The summed E-state index contributed by atoms with van der Waals surface area (Å²) >= 11 is 0. The maximum absolute atomic E-state index is 5.75. The minimum atomic E-state index is 0.538. The van der Waals surface area contributed by atoms with Crippen LogP contribution in [0.5, 0.6) is 11.5 Å². The Hall–Kier alpha value is -2.24. The molecule has 0 aromatic heterocycles. The first kappa shape index (κ1) is 18.1. The van der Waals surface area contributed by atoms with Crippen molar-refractivity contribution in [3.63, 3.8) is 0 Å². The number of hydrogen-bond acceptors (Lipinski definition) is 5. The smallest absolute Gasteiger partial charge is 0.124 e. The molecule has 5 heteroatoms. The van der Waals surface area contributed by atoms with Gasteiger partial charge in [0.15, 0.2) is 0 Å². The first-order valence-corrected chi connectivity index (χ1v) is 7.99. The van der Waals surface area contributed by atoms with Gasteiger partial charge in [-0.15, -0.1) is 0 Å². The van der Waals surface area contributed by atoms with Crippen LogP contribution in [0.15, 0.2) is 48.5 Å². The van der Waals surface area contributed by atoms with Crippen molar-refractivity contribution < 1.29 is 18.9 Å². The number of rotatable bonds is 11. The Balaban J connectivity index is 1.92. The highest BCUT2D eigenvalue weighted by Crippen LogP contribution is 2.21. The van der Waals surface area contributed by atoms with Gasteiger partial charge in [-0.3, -0.25) is 0 Å². The zero-order valence-electron chi connectivity index (χ0n) is 14.3. The highest BCUT2D eigenvalue weighted by molar-refractivity contribution is 5.49. The van der Waals surface area contributed by atoms with Crippen LogP contribution in [0, 0.1) is 0 Å². The molecule has 0 spiro atoms. The number of methoxy groups -OCH3 is 2. The molecule has 2 rings (SSSR count). The van der Waals surface area contributed by atoms with Crippen LogP contribution in [-0.4, -0.2) is 40.6 Å². The standard InChI is InChI=1S/C19H25NO4/c1-21-10-12-23-18-8-5-7-17(14-18)20-15-16-6-3-4-9-19(16)24-13-11-22-2/h3-9,14,20H,10-13,15H2,1-2H3. The van der Waals surface area contributed by atoms with Gasteiger partial charge >= 0.3 is 0 Å².